The summed E-state index contributed by atoms with van der Waals surface area (Å²) < 4.78 is 4.80. The van der Waals surface area contributed by atoms with Crippen molar-refractivity contribution in [1.29, 1.82) is 0 Å². The number of carbonyl (C=O) groups is 2. The lowest BCUT2D eigenvalue weighted by molar-refractivity contribution is -0.140. The molecular formula is C12H18N2O4S. The first-order valence-electron chi connectivity index (χ1n) is 5.74. The number of methoxy groups -OCH3 is 1. The Morgan fingerprint density at radius 1 is 1.42 bits per heavy atom. The summed E-state index contributed by atoms with van der Waals surface area (Å²) in [6.07, 6.45) is 0. The van der Waals surface area contributed by atoms with E-state index >= 15 is 0 Å². The zero-order valence-electron chi connectivity index (χ0n) is 10.9. The van der Waals surface area contributed by atoms with Gasteiger partial charge >= 0.3 is 11.8 Å². The minimum absolute atomic E-state index is 0.0495. The number of rotatable bonds is 6. The van der Waals surface area contributed by atoms with Crippen molar-refractivity contribution in [3.8, 4) is 0 Å². The summed E-state index contributed by atoms with van der Waals surface area (Å²) in [5, 5.41) is 16.5. The highest BCUT2D eigenvalue weighted by atomic mass is 32.1. The van der Waals surface area contributed by atoms with Gasteiger partial charge in [0.05, 0.1) is 13.2 Å². The molecule has 0 aliphatic rings. The van der Waals surface area contributed by atoms with Crippen LogP contribution in [0.2, 0.25) is 0 Å². The molecule has 0 fully saturated rings. The van der Waals surface area contributed by atoms with Gasteiger partial charge in [-0.1, -0.05) is 6.07 Å². The lowest BCUT2D eigenvalue weighted by Crippen LogP contribution is -2.48. The molecule has 0 aliphatic carbocycles. The van der Waals surface area contributed by atoms with E-state index in [1.165, 1.54) is 25.4 Å². The van der Waals surface area contributed by atoms with E-state index < -0.39 is 17.4 Å². The number of hydrogen-bond donors (Lipinski definition) is 3. The molecule has 1 aromatic heterocycles. The first-order valence-corrected chi connectivity index (χ1v) is 6.62. The highest BCUT2D eigenvalue weighted by molar-refractivity contribution is 7.09. The van der Waals surface area contributed by atoms with Gasteiger partial charge in [-0.05, 0) is 18.4 Å². The number of ether oxygens (including phenoxy) is 1. The molecule has 6 nitrogen and oxygen atoms in total. The molecule has 1 heterocycles. The van der Waals surface area contributed by atoms with Crippen LogP contribution < -0.4 is 10.6 Å². The van der Waals surface area contributed by atoms with E-state index in [2.05, 4.69) is 10.6 Å². The van der Waals surface area contributed by atoms with E-state index in [0.717, 1.165) is 4.88 Å². The van der Waals surface area contributed by atoms with E-state index in [0.29, 0.717) is 6.54 Å². The average Bonchev–Trinajstić information content (AvgIpc) is 2.86. The predicted molar refractivity (Wildman–Crippen MR) is 71.7 cm³/mol. The van der Waals surface area contributed by atoms with Crippen LogP contribution in [0.15, 0.2) is 17.5 Å². The number of hydrogen-bond acceptors (Lipinski definition) is 5. The summed E-state index contributed by atoms with van der Waals surface area (Å²) >= 11 is 1.50. The van der Waals surface area contributed by atoms with Crippen LogP contribution in [0.5, 0.6) is 0 Å². The Kier molecular flexibility index (Phi) is 5.94. The van der Waals surface area contributed by atoms with E-state index in [-0.39, 0.29) is 13.2 Å². The number of aliphatic hydroxyl groups is 1. The Morgan fingerprint density at radius 3 is 2.68 bits per heavy atom. The van der Waals surface area contributed by atoms with Crippen molar-refractivity contribution < 1.29 is 19.4 Å². The van der Waals surface area contributed by atoms with Crippen LogP contribution in [0.1, 0.15) is 11.8 Å². The number of carbonyl (C=O) groups excluding carboxylic acids is 2. The second kappa shape index (κ2) is 7.22. The third-order valence-corrected chi connectivity index (χ3v) is 3.17. The monoisotopic (exact) mass is 286 g/mol. The second-order valence-electron chi connectivity index (χ2n) is 4.37. The molecule has 106 valence electrons. The molecule has 3 N–H and O–H groups in total. The summed E-state index contributed by atoms with van der Waals surface area (Å²) in [5.41, 5.74) is -1.20. The Bertz CT molecular complexity index is 417. The summed E-state index contributed by atoms with van der Waals surface area (Å²) in [6, 6.07) is 3.74. The van der Waals surface area contributed by atoms with Crippen LogP contribution >= 0.6 is 11.3 Å². The molecule has 1 rings (SSSR count). The largest absolute Gasteiger partial charge is 0.386 e. The Balaban J connectivity index is 2.31. The van der Waals surface area contributed by atoms with Crippen LogP contribution in [-0.4, -0.2) is 42.8 Å². The smallest absolute Gasteiger partial charge is 0.309 e. The van der Waals surface area contributed by atoms with Crippen LogP contribution in [-0.2, 0) is 20.9 Å². The molecule has 0 bridgehead atoms. The minimum Gasteiger partial charge on any atom is -0.386 e. The fourth-order valence-corrected chi connectivity index (χ4v) is 2.02. The fraction of sp³-hybridized carbons (Fsp3) is 0.500. The molecule has 0 radical (unpaired) electrons. The highest BCUT2D eigenvalue weighted by Crippen LogP contribution is 2.07. The molecule has 0 spiro atoms. The van der Waals surface area contributed by atoms with Gasteiger partial charge in [0.15, 0.2) is 0 Å². The lowest BCUT2D eigenvalue weighted by atomic mass is 10.1. The summed E-state index contributed by atoms with van der Waals surface area (Å²) in [4.78, 5) is 23.9. The van der Waals surface area contributed by atoms with Crippen molar-refractivity contribution >= 4 is 23.2 Å². The molecule has 7 heteroatoms. The predicted octanol–water partition coefficient (Wildman–Crippen LogP) is -0.122. The molecule has 0 aromatic carbocycles. The van der Waals surface area contributed by atoms with Gasteiger partial charge in [-0.25, -0.2) is 0 Å². The molecule has 1 aromatic rings. The van der Waals surface area contributed by atoms with E-state index in [1.807, 2.05) is 17.5 Å². The van der Waals surface area contributed by atoms with Crippen molar-refractivity contribution in [2.24, 2.45) is 0 Å². The van der Waals surface area contributed by atoms with Gasteiger partial charge in [0.2, 0.25) is 0 Å². The Hall–Kier alpha value is -1.44. The first-order chi connectivity index (χ1) is 8.94. The lowest BCUT2D eigenvalue weighted by Gasteiger charge is -2.22. The third kappa shape index (κ3) is 5.82. The fourth-order valence-electron chi connectivity index (χ4n) is 1.37. The third-order valence-electron chi connectivity index (χ3n) is 2.29. The molecule has 1 atom stereocenters. The maximum Gasteiger partial charge on any atom is 0.309 e. The topological polar surface area (TPSA) is 87.7 Å². The normalized spacial score (nSPS) is 13.6. The van der Waals surface area contributed by atoms with E-state index in [4.69, 9.17) is 4.74 Å². The molecule has 0 saturated carbocycles. The van der Waals surface area contributed by atoms with Gasteiger partial charge in [0, 0.05) is 18.5 Å². The SMILES string of the molecule is COC[C@@](C)(O)CNC(=O)C(=O)NCc1cccs1. The average molecular weight is 286 g/mol. The molecule has 0 unspecified atom stereocenters. The van der Waals surface area contributed by atoms with Crippen molar-refractivity contribution in [2.75, 3.05) is 20.3 Å². The van der Waals surface area contributed by atoms with Gasteiger partial charge < -0.3 is 20.5 Å². The van der Waals surface area contributed by atoms with Crippen molar-refractivity contribution in [2.45, 2.75) is 19.1 Å². The maximum atomic E-state index is 11.5. The Labute approximate surface area is 115 Å². The van der Waals surface area contributed by atoms with Crippen LogP contribution in [0.4, 0.5) is 0 Å². The van der Waals surface area contributed by atoms with Gasteiger partial charge in [-0.2, -0.15) is 0 Å². The number of amides is 2. The van der Waals surface area contributed by atoms with Gasteiger partial charge in [0.25, 0.3) is 0 Å². The van der Waals surface area contributed by atoms with Gasteiger partial charge in [-0.15, -0.1) is 11.3 Å². The highest BCUT2D eigenvalue weighted by Gasteiger charge is 2.23. The second-order valence-corrected chi connectivity index (χ2v) is 5.41. The van der Waals surface area contributed by atoms with Crippen molar-refractivity contribution in [3.63, 3.8) is 0 Å². The van der Waals surface area contributed by atoms with E-state index in [9.17, 15) is 14.7 Å². The summed E-state index contributed by atoms with van der Waals surface area (Å²) in [7, 11) is 1.45. The zero-order chi connectivity index (χ0) is 14.3. The molecular weight excluding hydrogens is 268 g/mol. The quantitative estimate of drug-likeness (QED) is 0.636. The van der Waals surface area contributed by atoms with E-state index in [1.54, 1.807) is 0 Å². The van der Waals surface area contributed by atoms with Crippen molar-refractivity contribution in [1.82, 2.24) is 10.6 Å². The maximum absolute atomic E-state index is 11.5. The van der Waals surface area contributed by atoms with Crippen LogP contribution in [0, 0.1) is 0 Å². The first kappa shape index (κ1) is 15.6. The van der Waals surface area contributed by atoms with Gasteiger partial charge in [0.1, 0.15) is 5.60 Å². The number of thiophene rings is 1. The molecule has 2 amide bonds. The van der Waals surface area contributed by atoms with Gasteiger partial charge in [-0.3, -0.25) is 9.59 Å². The standard InChI is InChI=1S/C12H18N2O4S/c1-12(17,8-18-2)7-14-11(16)10(15)13-6-9-4-3-5-19-9/h3-5,17H,6-8H2,1-2H3,(H,13,15)(H,14,16)/t12-/m0/s1. The number of nitrogens with one attached hydrogen (secondary N) is 2. The molecule has 0 aliphatic heterocycles. The van der Waals surface area contributed by atoms with Crippen LogP contribution in [0.25, 0.3) is 0 Å². The summed E-state index contributed by atoms with van der Waals surface area (Å²) in [5.74, 6) is -1.49. The van der Waals surface area contributed by atoms with Crippen LogP contribution in [0.3, 0.4) is 0 Å². The summed E-state index contributed by atoms with van der Waals surface area (Å²) in [6.45, 7) is 1.86. The zero-order valence-corrected chi connectivity index (χ0v) is 11.8. The molecule has 0 saturated heterocycles. The Morgan fingerprint density at radius 2 is 2.11 bits per heavy atom. The van der Waals surface area contributed by atoms with Crippen molar-refractivity contribution in [3.05, 3.63) is 22.4 Å². The molecule has 19 heavy (non-hydrogen) atoms. The minimum atomic E-state index is -1.20.